The Kier molecular flexibility index (Phi) is 5.49. The second kappa shape index (κ2) is 8.50. The average molecular weight is 476 g/mol. The van der Waals surface area contributed by atoms with E-state index in [2.05, 4.69) is 5.32 Å². The van der Waals surface area contributed by atoms with Crippen LogP contribution in [-0.4, -0.2) is 35.9 Å². The third-order valence-electron chi connectivity index (χ3n) is 6.27. The van der Waals surface area contributed by atoms with Crippen molar-refractivity contribution in [2.75, 3.05) is 18.1 Å². The van der Waals surface area contributed by atoms with Gasteiger partial charge in [-0.25, -0.2) is 4.79 Å². The largest absolute Gasteiger partial charge is 0.489 e. The van der Waals surface area contributed by atoms with Crippen LogP contribution in [0.5, 0.6) is 5.75 Å². The number of ether oxygens (including phenoxy) is 1. The Balaban J connectivity index is 1.47. The van der Waals surface area contributed by atoms with E-state index in [0.29, 0.717) is 22.0 Å². The number of hydrogen-bond donors (Lipinski definition) is 1. The molecule has 0 radical (unpaired) electrons. The predicted octanol–water partition coefficient (Wildman–Crippen LogP) is 4.27. The molecule has 7 nitrogen and oxygen atoms in total. The van der Waals surface area contributed by atoms with E-state index in [1.165, 1.54) is 0 Å². The highest BCUT2D eigenvalue weighted by Gasteiger charge is 2.51. The van der Waals surface area contributed by atoms with Gasteiger partial charge in [0.15, 0.2) is 0 Å². The van der Waals surface area contributed by atoms with Crippen LogP contribution in [0.2, 0.25) is 5.02 Å². The number of carbonyl (C=O) groups is 3. The van der Waals surface area contributed by atoms with Gasteiger partial charge in [-0.15, -0.1) is 0 Å². The Labute approximate surface area is 201 Å². The number of carbonyl (C=O) groups excluding carboxylic acids is 3. The van der Waals surface area contributed by atoms with Crippen molar-refractivity contribution in [2.45, 2.75) is 18.5 Å². The Morgan fingerprint density at radius 3 is 2.47 bits per heavy atom. The van der Waals surface area contributed by atoms with Crippen molar-refractivity contribution in [2.24, 2.45) is 0 Å². The molecule has 0 saturated carbocycles. The number of halogens is 1. The van der Waals surface area contributed by atoms with Crippen LogP contribution in [0.1, 0.15) is 24.1 Å². The summed E-state index contributed by atoms with van der Waals surface area (Å²) in [6.07, 6.45) is 0. The number of urea groups is 1. The van der Waals surface area contributed by atoms with Gasteiger partial charge in [-0.2, -0.15) is 0 Å². The lowest BCUT2D eigenvalue weighted by Gasteiger charge is -2.37. The first-order chi connectivity index (χ1) is 16.4. The minimum absolute atomic E-state index is 0.254. The molecular weight excluding hydrogens is 454 g/mol. The number of hydrogen-bond acceptors (Lipinski definition) is 4. The van der Waals surface area contributed by atoms with Gasteiger partial charge >= 0.3 is 6.03 Å². The summed E-state index contributed by atoms with van der Waals surface area (Å²) in [5.74, 6) is -0.352. The van der Waals surface area contributed by atoms with E-state index >= 15 is 0 Å². The number of amides is 4. The van der Waals surface area contributed by atoms with Crippen LogP contribution < -0.4 is 15.0 Å². The van der Waals surface area contributed by atoms with Gasteiger partial charge in [0, 0.05) is 10.6 Å². The lowest BCUT2D eigenvalue weighted by atomic mass is 9.92. The number of nitrogens with zero attached hydrogens (tertiary/aromatic N) is 2. The van der Waals surface area contributed by atoms with Gasteiger partial charge in [0.25, 0.3) is 5.91 Å². The van der Waals surface area contributed by atoms with Gasteiger partial charge in [-0.1, -0.05) is 72.3 Å². The maximum Gasteiger partial charge on any atom is 0.325 e. The molecule has 1 N–H and O–H groups in total. The third kappa shape index (κ3) is 3.58. The highest BCUT2D eigenvalue weighted by atomic mass is 35.5. The molecule has 172 valence electrons. The third-order valence-corrected chi connectivity index (χ3v) is 6.60. The quantitative estimate of drug-likeness (QED) is 0.571. The Morgan fingerprint density at radius 1 is 1.03 bits per heavy atom. The minimum Gasteiger partial charge on any atom is -0.489 e. The maximum absolute atomic E-state index is 13.7. The molecule has 34 heavy (non-hydrogen) atoms. The van der Waals surface area contributed by atoms with Crippen LogP contribution in [0.3, 0.4) is 0 Å². The minimum atomic E-state index is -1.36. The number of fused-ring (bicyclic) bond motifs is 1. The molecule has 0 bridgehead atoms. The molecule has 1 saturated heterocycles. The summed E-state index contributed by atoms with van der Waals surface area (Å²) in [5, 5.41) is 3.07. The smallest absolute Gasteiger partial charge is 0.325 e. The summed E-state index contributed by atoms with van der Waals surface area (Å²) in [5.41, 5.74) is 0.595. The normalized spacial score (nSPS) is 21.6. The molecule has 5 rings (SSSR count). The first kappa shape index (κ1) is 22.0. The van der Waals surface area contributed by atoms with E-state index < -0.39 is 36.0 Å². The fraction of sp³-hybridized carbons (Fsp3) is 0.192. The van der Waals surface area contributed by atoms with Crippen molar-refractivity contribution in [3.05, 3.63) is 95.0 Å². The molecule has 0 aromatic heterocycles. The summed E-state index contributed by atoms with van der Waals surface area (Å²) >= 11 is 6.31. The summed E-state index contributed by atoms with van der Waals surface area (Å²) in [6.45, 7) is 1.43. The van der Waals surface area contributed by atoms with Crippen molar-refractivity contribution >= 4 is 35.1 Å². The summed E-state index contributed by atoms with van der Waals surface area (Å²) in [4.78, 5) is 42.5. The lowest BCUT2D eigenvalue weighted by Crippen LogP contribution is -2.48. The van der Waals surface area contributed by atoms with Crippen LogP contribution in [0.4, 0.5) is 10.5 Å². The zero-order valence-corrected chi connectivity index (χ0v) is 19.2. The molecule has 4 amide bonds. The van der Waals surface area contributed by atoms with Crippen molar-refractivity contribution in [3.8, 4) is 5.75 Å². The number of rotatable bonds is 4. The van der Waals surface area contributed by atoms with Crippen LogP contribution in [0.25, 0.3) is 0 Å². The molecular formula is C26H22ClN3O4. The number of anilines is 1. The zero-order chi connectivity index (χ0) is 23.9. The van der Waals surface area contributed by atoms with Gasteiger partial charge in [-0.3, -0.25) is 19.4 Å². The van der Waals surface area contributed by atoms with Crippen LogP contribution in [0, 0.1) is 0 Å². The number of nitrogens with one attached hydrogen (secondary N) is 1. The zero-order valence-electron chi connectivity index (χ0n) is 18.4. The van der Waals surface area contributed by atoms with E-state index in [1.54, 1.807) is 48.2 Å². The second-order valence-corrected chi connectivity index (χ2v) is 8.80. The Hall–Kier alpha value is -3.84. The summed E-state index contributed by atoms with van der Waals surface area (Å²) in [6, 6.07) is 22.6. The van der Waals surface area contributed by atoms with Crippen LogP contribution in [0.15, 0.2) is 78.9 Å². The molecule has 0 unspecified atom stereocenters. The SMILES string of the molecule is C[C@@]1(c2ccccc2Cl)NC(=O)N(CC(=O)N2c3ccccc3OC[C@H]2c2ccccc2)C1=O. The molecule has 3 aromatic rings. The molecule has 1 fully saturated rings. The highest BCUT2D eigenvalue weighted by Crippen LogP contribution is 2.40. The van der Waals surface area contributed by atoms with E-state index in [0.717, 1.165) is 10.5 Å². The monoisotopic (exact) mass is 475 g/mol. The van der Waals surface area contributed by atoms with E-state index in [4.69, 9.17) is 16.3 Å². The Bertz CT molecular complexity index is 1280. The highest BCUT2D eigenvalue weighted by molar-refractivity contribution is 6.32. The first-order valence-electron chi connectivity index (χ1n) is 10.9. The van der Waals surface area contributed by atoms with Crippen molar-refractivity contribution in [1.29, 1.82) is 0 Å². The fourth-order valence-corrected chi connectivity index (χ4v) is 4.84. The van der Waals surface area contributed by atoms with Gasteiger partial charge in [0.2, 0.25) is 5.91 Å². The number of para-hydroxylation sites is 2. The van der Waals surface area contributed by atoms with Crippen molar-refractivity contribution < 1.29 is 19.1 Å². The molecule has 2 aliphatic rings. The summed E-state index contributed by atoms with van der Waals surface area (Å²) in [7, 11) is 0. The molecule has 2 aliphatic heterocycles. The molecule has 0 aliphatic carbocycles. The van der Waals surface area contributed by atoms with Gasteiger partial charge in [0.1, 0.15) is 24.4 Å². The lowest BCUT2D eigenvalue weighted by molar-refractivity contribution is -0.134. The maximum atomic E-state index is 13.7. The van der Waals surface area contributed by atoms with Crippen LogP contribution in [-0.2, 0) is 15.1 Å². The second-order valence-electron chi connectivity index (χ2n) is 8.40. The van der Waals surface area contributed by atoms with Crippen molar-refractivity contribution in [3.63, 3.8) is 0 Å². The molecule has 8 heteroatoms. The van der Waals surface area contributed by atoms with Gasteiger partial charge < -0.3 is 10.1 Å². The van der Waals surface area contributed by atoms with E-state index in [9.17, 15) is 14.4 Å². The predicted molar refractivity (Wildman–Crippen MR) is 128 cm³/mol. The standard InChI is InChI=1S/C26H22ClN3O4/c1-26(18-11-5-6-12-19(18)27)24(32)29(25(33)28-26)15-23(31)30-20-13-7-8-14-22(20)34-16-21(30)17-9-3-2-4-10-17/h2-14,21H,15-16H2,1H3,(H,28,33)/t21-,26-/m0/s1. The van der Waals surface area contributed by atoms with E-state index in [-0.39, 0.29) is 6.61 Å². The van der Waals surface area contributed by atoms with Gasteiger partial charge in [0.05, 0.1) is 11.7 Å². The van der Waals surface area contributed by atoms with Gasteiger partial charge in [-0.05, 0) is 30.7 Å². The number of imide groups is 1. The van der Waals surface area contributed by atoms with Crippen molar-refractivity contribution in [1.82, 2.24) is 10.2 Å². The Morgan fingerprint density at radius 2 is 1.71 bits per heavy atom. The topological polar surface area (TPSA) is 79.0 Å². The van der Waals surface area contributed by atoms with E-state index in [1.807, 2.05) is 42.5 Å². The number of benzene rings is 3. The molecule has 2 heterocycles. The molecule has 3 aromatic carbocycles. The average Bonchev–Trinajstić information content (AvgIpc) is 3.07. The summed E-state index contributed by atoms with van der Waals surface area (Å²) < 4.78 is 5.92. The molecule has 2 atom stereocenters. The first-order valence-corrected chi connectivity index (χ1v) is 11.3. The molecule has 0 spiro atoms. The fourth-order valence-electron chi connectivity index (χ4n) is 4.52. The van der Waals surface area contributed by atoms with Crippen LogP contribution >= 0.6 is 11.6 Å².